The molecule has 0 fully saturated rings. The van der Waals surface area contributed by atoms with Crippen LogP contribution in [0.15, 0.2) is 36.4 Å². The maximum absolute atomic E-state index is 12.5. The Labute approximate surface area is 124 Å². The Morgan fingerprint density at radius 3 is 2.33 bits per heavy atom. The van der Waals surface area contributed by atoms with Crippen LogP contribution in [-0.2, 0) is 12.7 Å². The van der Waals surface area contributed by atoms with E-state index in [1.807, 2.05) is 12.1 Å². The third-order valence-electron chi connectivity index (χ3n) is 2.79. The van der Waals surface area contributed by atoms with Gasteiger partial charge >= 0.3 is 6.18 Å². The lowest BCUT2D eigenvalue weighted by Crippen LogP contribution is -2.08. The third-order valence-corrected chi connectivity index (χ3v) is 3.07. The van der Waals surface area contributed by atoms with Crippen LogP contribution in [0.25, 0.3) is 0 Å². The number of alkyl halides is 3. The van der Waals surface area contributed by atoms with Crippen molar-refractivity contribution >= 4 is 17.4 Å². The topological polar surface area (TPSA) is 34.1 Å². The van der Waals surface area contributed by atoms with E-state index in [1.54, 1.807) is 19.2 Å². The number of hydrogen-bond donors (Lipinski definition) is 1. The molecular weight excluding hydrogens is 305 g/mol. The molecule has 0 amide bonds. The van der Waals surface area contributed by atoms with Gasteiger partial charge in [-0.3, -0.25) is 0 Å². The van der Waals surface area contributed by atoms with E-state index < -0.39 is 16.9 Å². The molecule has 2 aromatic rings. The number of nitrogens with one attached hydrogen (secondary N) is 1. The van der Waals surface area contributed by atoms with E-state index in [0.717, 1.165) is 17.4 Å². The zero-order valence-corrected chi connectivity index (χ0v) is 11.8. The smallest absolute Gasteiger partial charge is 0.419 e. The van der Waals surface area contributed by atoms with Crippen molar-refractivity contribution in [2.45, 2.75) is 12.7 Å². The zero-order chi connectivity index (χ0) is 15.5. The molecule has 1 N–H and O–H groups in total. The Hall–Kier alpha value is -1.95. The van der Waals surface area contributed by atoms with Crippen molar-refractivity contribution in [3.8, 4) is 5.75 Å². The molecule has 1 aromatic heterocycles. The minimum atomic E-state index is -4.50. The maximum atomic E-state index is 12.5. The molecule has 0 aliphatic rings. The molecule has 0 bridgehead atoms. The molecule has 1 heterocycles. The van der Waals surface area contributed by atoms with E-state index in [2.05, 4.69) is 10.3 Å². The number of ether oxygens (including phenoxy) is 1. The van der Waals surface area contributed by atoms with E-state index in [-0.39, 0.29) is 5.82 Å². The molecule has 0 atom stereocenters. The largest absolute Gasteiger partial charge is 0.497 e. The van der Waals surface area contributed by atoms with Crippen molar-refractivity contribution in [2.24, 2.45) is 0 Å². The number of pyridine rings is 1. The first-order valence-corrected chi connectivity index (χ1v) is 6.38. The molecule has 21 heavy (non-hydrogen) atoms. The summed E-state index contributed by atoms with van der Waals surface area (Å²) in [5, 5.41) is 2.35. The molecule has 0 saturated carbocycles. The molecule has 0 aliphatic heterocycles. The summed E-state index contributed by atoms with van der Waals surface area (Å²) in [5.41, 5.74) is -0.00668. The van der Waals surface area contributed by atoms with Crippen molar-refractivity contribution in [3.63, 3.8) is 0 Å². The monoisotopic (exact) mass is 316 g/mol. The molecule has 0 saturated heterocycles. The number of benzene rings is 1. The summed E-state index contributed by atoms with van der Waals surface area (Å²) in [6, 6.07) is 9.44. The summed E-state index contributed by atoms with van der Waals surface area (Å²) < 4.78 is 42.7. The minimum Gasteiger partial charge on any atom is -0.497 e. The quantitative estimate of drug-likeness (QED) is 0.850. The average Bonchev–Trinajstić information content (AvgIpc) is 2.44. The second-order valence-corrected chi connectivity index (χ2v) is 4.59. The van der Waals surface area contributed by atoms with Gasteiger partial charge in [0.1, 0.15) is 16.7 Å². The highest BCUT2D eigenvalue weighted by molar-refractivity contribution is 6.30. The van der Waals surface area contributed by atoms with Crippen molar-refractivity contribution in [3.05, 3.63) is 52.7 Å². The fourth-order valence-corrected chi connectivity index (χ4v) is 1.94. The Kier molecular flexibility index (Phi) is 4.57. The van der Waals surface area contributed by atoms with E-state index in [0.29, 0.717) is 6.54 Å². The van der Waals surface area contributed by atoms with Crippen LogP contribution < -0.4 is 10.1 Å². The highest BCUT2D eigenvalue weighted by atomic mass is 35.5. The van der Waals surface area contributed by atoms with Crippen LogP contribution in [0.3, 0.4) is 0 Å². The lowest BCUT2D eigenvalue weighted by atomic mass is 10.2. The van der Waals surface area contributed by atoms with Crippen LogP contribution >= 0.6 is 11.6 Å². The summed E-state index contributed by atoms with van der Waals surface area (Å²) in [7, 11) is 1.57. The van der Waals surface area contributed by atoms with E-state index in [1.165, 1.54) is 6.07 Å². The molecule has 0 aliphatic carbocycles. The van der Waals surface area contributed by atoms with Crippen LogP contribution in [0, 0.1) is 0 Å². The molecule has 0 spiro atoms. The highest BCUT2D eigenvalue weighted by Gasteiger charge is 2.33. The van der Waals surface area contributed by atoms with Gasteiger partial charge in [0, 0.05) is 6.54 Å². The van der Waals surface area contributed by atoms with Crippen LogP contribution in [0.5, 0.6) is 5.75 Å². The SMILES string of the molecule is COc1ccc(CNc2ccc(C(F)(F)F)c(Cl)n2)cc1. The lowest BCUT2D eigenvalue weighted by Gasteiger charge is -2.11. The Bertz CT molecular complexity index is 615. The Morgan fingerprint density at radius 2 is 1.81 bits per heavy atom. The predicted molar refractivity (Wildman–Crippen MR) is 74.6 cm³/mol. The van der Waals surface area contributed by atoms with Gasteiger partial charge in [0.25, 0.3) is 0 Å². The first-order chi connectivity index (χ1) is 9.90. The number of anilines is 1. The molecular formula is C14H12ClF3N2O. The number of methoxy groups -OCH3 is 1. The molecule has 2 rings (SSSR count). The molecule has 3 nitrogen and oxygen atoms in total. The van der Waals surface area contributed by atoms with Gasteiger partial charge in [-0.2, -0.15) is 13.2 Å². The summed E-state index contributed by atoms with van der Waals surface area (Å²) in [5.74, 6) is 1.01. The third kappa shape index (κ3) is 4.01. The summed E-state index contributed by atoms with van der Waals surface area (Å²) in [6.07, 6.45) is -4.50. The second kappa shape index (κ2) is 6.22. The maximum Gasteiger partial charge on any atom is 0.419 e. The highest BCUT2D eigenvalue weighted by Crippen LogP contribution is 2.34. The van der Waals surface area contributed by atoms with Crippen molar-refractivity contribution in [1.29, 1.82) is 0 Å². The number of halogens is 4. The van der Waals surface area contributed by atoms with Gasteiger partial charge in [0.2, 0.25) is 0 Å². The van der Waals surface area contributed by atoms with E-state index >= 15 is 0 Å². The van der Waals surface area contributed by atoms with Crippen molar-refractivity contribution in [2.75, 3.05) is 12.4 Å². The van der Waals surface area contributed by atoms with E-state index in [9.17, 15) is 13.2 Å². The van der Waals surface area contributed by atoms with Gasteiger partial charge in [0.05, 0.1) is 12.7 Å². The minimum absolute atomic E-state index is 0.281. The Balaban J connectivity index is 2.05. The van der Waals surface area contributed by atoms with Crippen LogP contribution in [0.1, 0.15) is 11.1 Å². The summed E-state index contributed by atoms with van der Waals surface area (Å²) >= 11 is 5.55. The molecule has 112 valence electrons. The second-order valence-electron chi connectivity index (χ2n) is 4.23. The lowest BCUT2D eigenvalue weighted by molar-refractivity contribution is -0.137. The van der Waals surface area contributed by atoms with Gasteiger partial charge in [-0.25, -0.2) is 4.98 Å². The number of rotatable bonds is 4. The number of hydrogen-bond acceptors (Lipinski definition) is 3. The van der Waals surface area contributed by atoms with Crippen molar-refractivity contribution < 1.29 is 17.9 Å². The van der Waals surface area contributed by atoms with Gasteiger partial charge in [-0.1, -0.05) is 23.7 Å². The fraction of sp³-hybridized carbons (Fsp3) is 0.214. The standard InChI is InChI=1S/C14H12ClF3N2O/c1-21-10-4-2-9(3-5-10)8-19-12-7-6-11(13(15)20-12)14(16,17)18/h2-7H,8H2,1H3,(H,19,20). The first kappa shape index (κ1) is 15.4. The van der Waals surface area contributed by atoms with Crippen LogP contribution in [0.4, 0.5) is 19.0 Å². The Morgan fingerprint density at radius 1 is 1.14 bits per heavy atom. The van der Waals surface area contributed by atoms with Crippen LogP contribution in [0.2, 0.25) is 5.15 Å². The number of aromatic nitrogens is 1. The molecule has 1 aromatic carbocycles. The molecule has 7 heteroatoms. The summed E-state index contributed by atoms with van der Waals surface area (Å²) in [6.45, 7) is 0.415. The zero-order valence-electron chi connectivity index (χ0n) is 11.0. The summed E-state index contributed by atoms with van der Waals surface area (Å²) in [4.78, 5) is 3.70. The van der Waals surface area contributed by atoms with E-state index in [4.69, 9.17) is 16.3 Å². The fourth-order valence-electron chi connectivity index (χ4n) is 1.68. The molecule has 0 radical (unpaired) electrons. The van der Waals surface area contributed by atoms with Crippen LogP contribution in [-0.4, -0.2) is 12.1 Å². The normalized spacial score (nSPS) is 11.3. The van der Waals surface area contributed by atoms with Gasteiger partial charge in [0.15, 0.2) is 0 Å². The van der Waals surface area contributed by atoms with Gasteiger partial charge < -0.3 is 10.1 Å². The molecule has 0 unspecified atom stereocenters. The van der Waals surface area contributed by atoms with Crippen molar-refractivity contribution in [1.82, 2.24) is 4.98 Å². The van der Waals surface area contributed by atoms with Gasteiger partial charge in [-0.05, 0) is 29.8 Å². The average molecular weight is 317 g/mol. The van der Waals surface area contributed by atoms with Gasteiger partial charge in [-0.15, -0.1) is 0 Å². The predicted octanol–water partition coefficient (Wildman–Crippen LogP) is 4.37. The first-order valence-electron chi connectivity index (χ1n) is 6.00. The number of nitrogens with zero attached hydrogens (tertiary/aromatic N) is 1.